The zero-order valence-corrected chi connectivity index (χ0v) is 37.4. The Bertz CT molecular complexity index is 3920. The molecule has 0 aliphatic rings. The number of anilines is 3. The molecule has 0 amide bonds. The minimum atomic E-state index is 1.08. The van der Waals surface area contributed by atoms with Gasteiger partial charge in [-0.05, 0) is 134 Å². The molecule has 3 heteroatoms. The van der Waals surface area contributed by atoms with Crippen LogP contribution in [0.3, 0.4) is 0 Å². The number of hydrogen-bond donors (Lipinski definition) is 0. The Kier molecular flexibility index (Phi) is 9.40. The maximum atomic E-state index is 2.40. The van der Waals surface area contributed by atoms with E-state index in [1.165, 1.54) is 97.3 Å². The summed E-state index contributed by atoms with van der Waals surface area (Å²) in [4.78, 5) is 2.39. The summed E-state index contributed by atoms with van der Waals surface area (Å²) in [5.74, 6) is 0. The van der Waals surface area contributed by atoms with Crippen LogP contribution in [0.15, 0.2) is 255 Å². The molecule has 314 valence electrons. The molecule has 0 bridgehead atoms. The number of nitrogens with zero attached hydrogens (tertiary/aromatic N) is 2. The van der Waals surface area contributed by atoms with Gasteiger partial charge in [0, 0.05) is 53.7 Å². The summed E-state index contributed by atoms with van der Waals surface area (Å²) in [7, 11) is 0. The van der Waals surface area contributed by atoms with E-state index >= 15 is 0 Å². The number of thiophene rings is 1. The summed E-state index contributed by atoms with van der Waals surface area (Å²) in [6.07, 6.45) is 0. The first-order valence-electron chi connectivity index (χ1n) is 22.9. The van der Waals surface area contributed by atoms with Crippen LogP contribution in [-0.2, 0) is 0 Å². The Hall–Kier alpha value is -8.50. The molecule has 0 N–H and O–H groups in total. The minimum Gasteiger partial charge on any atom is -0.310 e. The van der Waals surface area contributed by atoms with Crippen LogP contribution < -0.4 is 4.90 Å². The summed E-state index contributed by atoms with van der Waals surface area (Å²) in [5, 5.41) is 7.66. The van der Waals surface area contributed by atoms with Gasteiger partial charge in [0.15, 0.2) is 0 Å². The first-order valence-corrected chi connectivity index (χ1v) is 23.7. The van der Waals surface area contributed by atoms with E-state index in [1.54, 1.807) is 0 Å². The van der Waals surface area contributed by atoms with Crippen LogP contribution in [0.4, 0.5) is 17.1 Å². The maximum Gasteiger partial charge on any atom is 0.0541 e. The van der Waals surface area contributed by atoms with E-state index in [-0.39, 0.29) is 0 Å². The number of para-hydroxylation sites is 2. The normalized spacial score (nSPS) is 11.6. The van der Waals surface area contributed by atoms with Crippen LogP contribution in [0, 0.1) is 0 Å². The standard InChI is InChI=1S/C64H42N2S/c1-2-13-48-41-51(31-30-43(48)12-1)50-15-9-14-49(40-50)46-28-26-44(27-29-46)45-32-36-52(37-33-45)65(53-38-34-47(35-39-53)56-21-11-25-63-64(56)59-20-5-8-24-62(59)67-63)54-16-10-17-55(42-54)66-60-22-6-3-18-57(60)58-19-4-7-23-61(58)66/h1-42H. The van der Waals surface area contributed by atoms with E-state index in [2.05, 4.69) is 264 Å². The molecule has 13 rings (SSSR count). The highest BCUT2D eigenvalue weighted by Crippen LogP contribution is 2.43. The predicted octanol–water partition coefficient (Wildman–Crippen LogP) is 18.4. The first-order chi connectivity index (χ1) is 33.2. The molecular weight excluding hydrogens is 829 g/mol. The SMILES string of the molecule is c1cc(-c2ccc(-c3ccc(N(c4ccc(-c5cccc6sc7ccccc7c56)cc4)c4cccc(-n5c6ccccc6c6ccccc65)c4)cc3)cc2)cc(-c2ccc3ccccc3c2)c1. The van der Waals surface area contributed by atoms with Gasteiger partial charge in [-0.15, -0.1) is 11.3 Å². The van der Waals surface area contributed by atoms with E-state index in [0.29, 0.717) is 0 Å². The quantitative estimate of drug-likeness (QED) is 0.148. The van der Waals surface area contributed by atoms with Crippen molar-refractivity contribution < 1.29 is 0 Å². The second-order valence-corrected chi connectivity index (χ2v) is 18.4. The number of aromatic nitrogens is 1. The maximum absolute atomic E-state index is 2.40. The Morgan fingerprint density at radius 3 is 1.52 bits per heavy atom. The summed E-state index contributed by atoms with van der Waals surface area (Å²) in [6, 6.07) is 93.1. The highest BCUT2D eigenvalue weighted by Gasteiger charge is 2.18. The molecule has 0 radical (unpaired) electrons. The van der Waals surface area contributed by atoms with Crippen molar-refractivity contribution in [2.75, 3.05) is 4.90 Å². The summed E-state index contributed by atoms with van der Waals surface area (Å²) < 4.78 is 5.03. The van der Waals surface area contributed by atoms with E-state index in [9.17, 15) is 0 Å². The van der Waals surface area contributed by atoms with Crippen LogP contribution >= 0.6 is 11.3 Å². The largest absolute Gasteiger partial charge is 0.310 e. The lowest BCUT2D eigenvalue weighted by Gasteiger charge is -2.26. The van der Waals surface area contributed by atoms with Crippen molar-refractivity contribution in [3.8, 4) is 50.2 Å². The molecule has 0 aliphatic heterocycles. The summed E-state index contributed by atoms with van der Waals surface area (Å²) >= 11 is 1.86. The molecule has 0 fully saturated rings. The Morgan fingerprint density at radius 2 is 0.806 bits per heavy atom. The van der Waals surface area contributed by atoms with Crippen molar-refractivity contribution in [3.63, 3.8) is 0 Å². The van der Waals surface area contributed by atoms with Gasteiger partial charge in [-0.1, -0.05) is 176 Å². The van der Waals surface area contributed by atoms with Crippen LogP contribution in [0.2, 0.25) is 0 Å². The lowest BCUT2D eigenvalue weighted by Crippen LogP contribution is -2.10. The number of hydrogen-bond acceptors (Lipinski definition) is 2. The van der Waals surface area contributed by atoms with Gasteiger partial charge in [-0.25, -0.2) is 0 Å². The average molecular weight is 871 g/mol. The molecule has 0 saturated carbocycles. The molecule has 0 saturated heterocycles. The monoisotopic (exact) mass is 870 g/mol. The molecule has 2 nitrogen and oxygen atoms in total. The smallest absolute Gasteiger partial charge is 0.0541 e. The molecule has 0 spiro atoms. The van der Waals surface area contributed by atoms with Crippen molar-refractivity contribution in [1.82, 2.24) is 4.57 Å². The van der Waals surface area contributed by atoms with Crippen LogP contribution in [0.1, 0.15) is 0 Å². The van der Waals surface area contributed by atoms with Gasteiger partial charge in [0.25, 0.3) is 0 Å². The number of benzene rings is 11. The molecule has 0 aliphatic carbocycles. The van der Waals surface area contributed by atoms with Crippen LogP contribution in [0.25, 0.3) is 103 Å². The topological polar surface area (TPSA) is 8.17 Å². The molecular formula is C64H42N2S. The zero-order chi connectivity index (χ0) is 44.3. The highest BCUT2D eigenvalue weighted by molar-refractivity contribution is 7.25. The van der Waals surface area contributed by atoms with Gasteiger partial charge < -0.3 is 9.47 Å². The number of fused-ring (bicyclic) bond motifs is 7. The predicted molar refractivity (Wildman–Crippen MR) is 288 cm³/mol. The zero-order valence-electron chi connectivity index (χ0n) is 36.6. The third-order valence-electron chi connectivity index (χ3n) is 13.4. The van der Waals surface area contributed by atoms with Gasteiger partial charge in [0.05, 0.1) is 11.0 Å². The average Bonchev–Trinajstić information content (AvgIpc) is 3.96. The van der Waals surface area contributed by atoms with Crippen molar-refractivity contribution in [3.05, 3.63) is 255 Å². The van der Waals surface area contributed by atoms with Crippen LogP contribution in [-0.4, -0.2) is 4.57 Å². The van der Waals surface area contributed by atoms with E-state index in [1.807, 2.05) is 11.3 Å². The molecule has 2 heterocycles. The lowest BCUT2D eigenvalue weighted by molar-refractivity contribution is 1.17. The fourth-order valence-corrected chi connectivity index (χ4v) is 11.3. The molecule has 11 aromatic carbocycles. The highest BCUT2D eigenvalue weighted by atomic mass is 32.1. The molecule has 0 atom stereocenters. The minimum absolute atomic E-state index is 1.08. The summed E-state index contributed by atoms with van der Waals surface area (Å²) in [6.45, 7) is 0. The third-order valence-corrected chi connectivity index (χ3v) is 14.5. The molecule has 67 heavy (non-hydrogen) atoms. The first kappa shape index (κ1) is 38.9. The second kappa shape index (κ2) is 16.2. The van der Waals surface area contributed by atoms with Gasteiger partial charge >= 0.3 is 0 Å². The van der Waals surface area contributed by atoms with Gasteiger partial charge in [-0.3, -0.25) is 0 Å². The molecule has 0 unspecified atom stereocenters. The van der Waals surface area contributed by atoms with Gasteiger partial charge in [-0.2, -0.15) is 0 Å². The second-order valence-electron chi connectivity index (χ2n) is 17.3. The van der Waals surface area contributed by atoms with E-state index < -0.39 is 0 Å². The lowest BCUT2D eigenvalue weighted by atomic mass is 9.96. The van der Waals surface area contributed by atoms with E-state index in [4.69, 9.17) is 0 Å². The Labute approximate surface area is 393 Å². The van der Waals surface area contributed by atoms with Crippen molar-refractivity contribution in [2.45, 2.75) is 0 Å². The van der Waals surface area contributed by atoms with Gasteiger partial charge in [0.2, 0.25) is 0 Å². The Balaban J connectivity index is 0.866. The van der Waals surface area contributed by atoms with Crippen LogP contribution in [0.5, 0.6) is 0 Å². The fraction of sp³-hybridized carbons (Fsp3) is 0. The Morgan fingerprint density at radius 1 is 0.299 bits per heavy atom. The van der Waals surface area contributed by atoms with Crippen molar-refractivity contribution >= 4 is 81.1 Å². The summed E-state index contributed by atoms with van der Waals surface area (Å²) in [5.41, 5.74) is 16.4. The number of rotatable bonds is 8. The van der Waals surface area contributed by atoms with Crippen molar-refractivity contribution in [1.29, 1.82) is 0 Å². The van der Waals surface area contributed by atoms with E-state index in [0.717, 1.165) is 22.7 Å². The molecule has 2 aromatic heterocycles. The fourth-order valence-electron chi connectivity index (χ4n) is 10.1. The van der Waals surface area contributed by atoms with Gasteiger partial charge in [0.1, 0.15) is 0 Å². The van der Waals surface area contributed by atoms with Crippen molar-refractivity contribution in [2.24, 2.45) is 0 Å². The molecule has 13 aromatic rings. The third kappa shape index (κ3) is 6.88.